The molecule has 2 atom stereocenters. The van der Waals surface area contributed by atoms with Gasteiger partial charge in [-0.2, -0.15) is 0 Å². The van der Waals surface area contributed by atoms with Gasteiger partial charge in [-0.3, -0.25) is 9.59 Å². The normalized spacial score (nSPS) is 22.0. The van der Waals surface area contributed by atoms with Crippen LogP contribution in [0.5, 0.6) is 0 Å². The molecule has 2 rings (SSSR count). The molecule has 1 saturated carbocycles. The molecule has 0 aliphatic heterocycles. The average Bonchev–Trinajstić information content (AvgIpc) is 3.01. The van der Waals surface area contributed by atoms with E-state index >= 15 is 0 Å². The molecule has 0 aromatic carbocycles. The van der Waals surface area contributed by atoms with Crippen LogP contribution < -0.4 is 5.32 Å². The molecule has 0 saturated heterocycles. The SMILES string of the molecule is Cc1ccsc1[C@H]1C[C@@H]1C(=O)NCC(=O)C(C)C. The quantitative estimate of drug-likeness (QED) is 0.889. The molecule has 1 aliphatic carbocycles. The third kappa shape index (κ3) is 2.80. The Morgan fingerprint density at radius 3 is 2.78 bits per heavy atom. The van der Waals surface area contributed by atoms with Gasteiger partial charge in [-0.15, -0.1) is 11.3 Å². The van der Waals surface area contributed by atoms with Gasteiger partial charge in [-0.25, -0.2) is 0 Å². The Morgan fingerprint density at radius 1 is 1.50 bits per heavy atom. The minimum Gasteiger partial charge on any atom is -0.349 e. The number of aryl methyl sites for hydroxylation is 1. The first-order valence-electron chi connectivity index (χ1n) is 6.35. The minimum atomic E-state index is -0.0140. The van der Waals surface area contributed by atoms with Crippen LogP contribution in [0.1, 0.15) is 36.6 Å². The molecule has 3 nitrogen and oxygen atoms in total. The van der Waals surface area contributed by atoms with Gasteiger partial charge in [0.1, 0.15) is 0 Å². The number of ketones is 1. The predicted molar refractivity (Wildman–Crippen MR) is 72.8 cm³/mol. The summed E-state index contributed by atoms with van der Waals surface area (Å²) in [5, 5.41) is 4.82. The number of nitrogens with one attached hydrogen (secondary N) is 1. The number of carbonyl (C=O) groups excluding carboxylic acids is 2. The molecule has 1 aliphatic rings. The molecule has 4 heteroatoms. The number of amides is 1. The van der Waals surface area contributed by atoms with E-state index in [0.717, 1.165) is 6.42 Å². The lowest BCUT2D eigenvalue weighted by Crippen LogP contribution is -2.32. The van der Waals surface area contributed by atoms with Crippen molar-refractivity contribution in [2.75, 3.05) is 6.54 Å². The lowest BCUT2D eigenvalue weighted by molar-refractivity contribution is -0.127. The van der Waals surface area contributed by atoms with Crippen LogP contribution >= 0.6 is 11.3 Å². The maximum atomic E-state index is 11.9. The topological polar surface area (TPSA) is 46.2 Å². The number of carbonyl (C=O) groups is 2. The Kier molecular flexibility index (Phi) is 3.85. The Bertz CT molecular complexity index is 464. The lowest BCUT2D eigenvalue weighted by Gasteiger charge is -2.06. The molecular weight excluding hydrogens is 246 g/mol. The highest BCUT2D eigenvalue weighted by atomic mass is 32.1. The lowest BCUT2D eigenvalue weighted by atomic mass is 10.1. The molecule has 1 heterocycles. The van der Waals surface area contributed by atoms with E-state index in [0.29, 0.717) is 5.92 Å². The van der Waals surface area contributed by atoms with E-state index in [4.69, 9.17) is 0 Å². The summed E-state index contributed by atoms with van der Waals surface area (Å²) in [5.74, 6) is 0.552. The van der Waals surface area contributed by atoms with Crippen LogP contribution in [-0.4, -0.2) is 18.2 Å². The summed E-state index contributed by atoms with van der Waals surface area (Å²) in [6, 6.07) is 2.09. The summed E-state index contributed by atoms with van der Waals surface area (Å²) in [7, 11) is 0. The second-order valence-corrected chi connectivity index (χ2v) is 6.20. The number of thiophene rings is 1. The van der Waals surface area contributed by atoms with Crippen LogP contribution in [0.4, 0.5) is 0 Å². The average molecular weight is 265 g/mol. The van der Waals surface area contributed by atoms with Gasteiger partial charge >= 0.3 is 0 Å². The maximum Gasteiger partial charge on any atom is 0.224 e. The summed E-state index contributed by atoms with van der Waals surface area (Å²) >= 11 is 1.72. The van der Waals surface area contributed by atoms with Crippen molar-refractivity contribution >= 4 is 23.0 Å². The van der Waals surface area contributed by atoms with E-state index in [1.165, 1.54) is 10.4 Å². The molecule has 0 bridgehead atoms. The van der Waals surface area contributed by atoms with E-state index in [-0.39, 0.29) is 30.1 Å². The molecule has 1 N–H and O–H groups in total. The van der Waals surface area contributed by atoms with Gasteiger partial charge in [0, 0.05) is 22.6 Å². The van der Waals surface area contributed by atoms with Gasteiger partial charge in [-0.05, 0) is 30.4 Å². The van der Waals surface area contributed by atoms with E-state index in [1.54, 1.807) is 11.3 Å². The van der Waals surface area contributed by atoms with Gasteiger partial charge in [-0.1, -0.05) is 13.8 Å². The van der Waals surface area contributed by atoms with Gasteiger partial charge < -0.3 is 5.32 Å². The third-order valence-electron chi connectivity index (χ3n) is 3.45. The van der Waals surface area contributed by atoms with Crippen molar-refractivity contribution in [3.63, 3.8) is 0 Å². The Morgan fingerprint density at radius 2 is 2.22 bits per heavy atom. The van der Waals surface area contributed by atoms with E-state index in [2.05, 4.69) is 23.7 Å². The molecule has 0 unspecified atom stereocenters. The van der Waals surface area contributed by atoms with Crippen molar-refractivity contribution in [1.29, 1.82) is 0 Å². The fourth-order valence-corrected chi connectivity index (χ4v) is 3.16. The number of hydrogen-bond acceptors (Lipinski definition) is 3. The van der Waals surface area contributed by atoms with E-state index in [9.17, 15) is 9.59 Å². The Hall–Kier alpha value is -1.16. The number of hydrogen-bond donors (Lipinski definition) is 1. The van der Waals surface area contributed by atoms with Crippen LogP contribution in [0.3, 0.4) is 0 Å². The molecule has 0 spiro atoms. The van der Waals surface area contributed by atoms with Crippen molar-refractivity contribution in [1.82, 2.24) is 5.32 Å². The summed E-state index contributed by atoms with van der Waals surface area (Å²) in [4.78, 5) is 24.7. The first kappa shape index (κ1) is 13.3. The van der Waals surface area contributed by atoms with Crippen molar-refractivity contribution < 1.29 is 9.59 Å². The van der Waals surface area contributed by atoms with E-state index in [1.807, 2.05) is 13.8 Å². The smallest absolute Gasteiger partial charge is 0.224 e. The summed E-state index contributed by atoms with van der Waals surface area (Å²) < 4.78 is 0. The molecule has 1 amide bonds. The molecule has 0 radical (unpaired) electrons. The Balaban J connectivity index is 1.83. The number of Topliss-reactive ketones (excluding diaryl/α,β-unsaturated/α-hetero) is 1. The summed E-state index contributed by atoms with van der Waals surface area (Å²) in [5.41, 5.74) is 1.28. The molecule has 98 valence electrons. The minimum absolute atomic E-state index is 0.0140. The fourth-order valence-electron chi connectivity index (χ4n) is 2.05. The first-order valence-corrected chi connectivity index (χ1v) is 7.23. The highest BCUT2D eigenvalue weighted by Gasteiger charge is 2.45. The van der Waals surface area contributed by atoms with Crippen molar-refractivity contribution in [2.24, 2.45) is 11.8 Å². The fraction of sp³-hybridized carbons (Fsp3) is 0.571. The van der Waals surface area contributed by atoms with Gasteiger partial charge in [0.25, 0.3) is 0 Å². The standard InChI is InChI=1S/C14H19NO2S/c1-8(2)12(16)7-15-14(17)11-6-10(11)13-9(3)4-5-18-13/h4-5,8,10-11H,6-7H2,1-3H3,(H,15,17)/t10-,11-/m0/s1. The van der Waals surface area contributed by atoms with Crippen molar-refractivity contribution in [2.45, 2.75) is 33.1 Å². The largest absolute Gasteiger partial charge is 0.349 e. The zero-order valence-corrected chi connectivity index (χ0v) is 11.8. The first-order chi connectivity index (χ1) is 8.50. The van der Waals surface area contributed by atoms with E-state index < -0.39 is 0 Å². The summed E-state index contributed by atoms with van der Waals surface area (Å²) in [6.45, 7) is 5.96. The molecule has 1 aromatic heterocycles. The summed E-state index contributed by atoms with van der Waals surface area (Å²) in [6.07, 6.45) is 0.920. The zero-order valence-electron chi connectivity index (χ0n) is 11.0. The van der Waals surface area contributed by atoms with Crippen LogP contribution in [-0.2, 0) is 9.59 Å². The van der Waals surface area contributed by atoms with Crippen molar-refractivity contribution in [3.05, 3.63) is 21.9 Å². The monoisotopic (exact) mass is 265 g/mol. The van der Waals surface area contributed by atoms with Crippen LogP contribution in [0.15, 0.2) is 11.4 Å². The second-order valence-electron chi connectivity index (χ2n) is 5.26. The predicted octanol–water partition coefficient (Wildman–Crippen LogP) is 2.50. The van der Waals surface area contributed by atoms with Crippen LogP contribution in [0.25, 0.3) is 0 Å². The zero-order chi connectivity index (χ0) is 13.3. The Labute approximate surface area is 112 Å². The van der Waals surface area contributed by atoms with Crippen LogP contribution in [0, 0.1) is 18.8 Å². The second kappa shape index (κ2) is 5.22. The third-order valence-corrected chi connectivity index (χ3v) is 4.60. The molecule has 1 fully saturated rings. The number of rotatable bonds is 5. The highest BCUT2D eigenvalue weighted by Crippen LogP contribution is 2.50. The highest BCUT2D eigenvalue weighted by molar-refractivity contribution is 7.10. The molecule has 1 aromatic rings. The van der Waals surface area contributed by atoms with Gasteiger partial charge in [0.05, 0.1) is 6.54 Å². The van der Waals surface area contributed by atoms with Gasteiger partial charge in [0.15, 0.2) is 5.78 Å². The van der Waals surface area contributed by atoms with Gasteiger partial charge in [0.2, 0.25) is 5.91 Å². The van der Waals surface area contributed by atoms with Crippen LogP contribution in [0.2, 0.25) is 0 Å². The molecular formula is C14H19NO2S. The molecule has 18 heavy (non-hydrogen) atoms. The van der Waals surface area contributed by atoms with Crippen molar-refractivity contribution in [3.8, 4) is 0 Å². The maximum absolute atomic E-state index is 11.9.